The van der Waals surface area contributed by atoms with Crippen LogP contribution in [-0.4, -0.2) is 32.7 Å². The van der Waals surface area contributed by atoms with Crippen LogP contribution in [0.4, 0.5) is 8.78 Å². The second-order valence-corrected chi connectivity index (χ2v) is 8.37. The van der Waals surface area contributed by atoms with E-state index in [2.05, 4.69) is 4.40 Å². The maximum Gasteiger partial charge on any atom is 0.326 e. The smallest absolute Gasteiger partial charge is 0.326 e. The van der Waals surface area contributed by atoms with Crippen LogP contribution in [0.15, 0.2) is 45.7 Å². The van der Waals surface area contributed by atoms with Gasteiger partial charge in [-0.05, 0) is 37.3 Å². The highest BCUT2D eigenvalue weighted by atomic mass is 32.2. The molecule has 0 N–H and O–H groups in total. The van der Waals surface area contributed by atoms with E-state index in [4.69, 9.17) is 9.47 Å². The minimum Gasteiger partial charge on any atom is -0.497 e. The van der Waals surface area contributed by atoms with E-state index in [0.717, 1.165) is 22.0 Å². The first-order valence-electron chi connectivity index (χ1n) is 8.34. The van der Waals surface area contributed by atoms with E-state index in [0.29, 0.717) is 11.8 Å². The summed E-state index contributed by atoms with van der Waals surface area (Å²) in [5.41, 5.74) is -0.131. The highest BCUT2D eigenvalue weighted by molar-refractivity contribution is 7.90. The van der Waals surface area contributed by atoms with E-state index >= 15 is 0 Å². The van der Waals surface area contributed by atoms with E-state index in [1.54, 1.807) is 6.92 Å². The molecule has 0 aliphatic carbocycles. The molecule has 29 heavy (non-hydrogen) atoms. The minimum atomic E-state index is -4.19. The number of nitrogens with zero attached hydrogens (tertiary/aromatic N) is 2. The molecule has 0 saturated heterocycles. The number of carbonyl (C=O) groups is 1. The van der Waals surface area contributed by atoms with Crippen LogP contribution >= 0.6 is 11.3 Å². The highest BCUT2D eigenvalue weighted by Crippen LogP contribution is 2.23. The van der Waals surface area contributed by atoms with Crippen molar-refractivity contribution < 1.29 is 31.5 Å². The summed E-state index contributed by atoms with van der Waals surface area (Å²) in [7, 11) is -2.75. The summed E-state index contributed by atoms with van der Waals surface area (Å²) < 4.78 is 68.2. The summed E-state index contributed by atoms with van der Waals surface area (Å²) >= 11 is 0.746. The molecule has 0 fully saturated rings. The van der Waals surface area contributed by atoms with Crippen molar-refractivity contribution in [2.75, 3.05) is 13.7 Å². The van der Waals surface area contributed by atoms with Crippen molar-refractivity contribution in [3.63, 3.8) is 0 Å². The zero-order chi connectivity index (χ0) is 21.2. The van der Waals surface area contributed by atoms with Gasteiger partial charge < -0.3 is 14.0 Å². The number of halogens is 2. The molecule has 154 valence electrons. The number of sulfonamides is 1. The summed E-state index contributed by atoms with van der Waals surface area (Å²) in [6, 6.07) is 7.22. The first-order valence-corrected chi connectivity index (χ1v) is 10.6. The number of esters is 1. The lowest BCUT2D eigenvalue weighted by atomic mass is 10.3. The van der Waals surface area contributed by atoms with E-state index in [1.807, 2.05) is 0 Å². The second-order valence-electron chi connectivity index (χ2n) is 5.75. The van der Waals surface area contributed by atoms with Crippen molar-refractivity contribution in [1.82, 2.24) is 4.57 Å². The maximum absolute atomic E-state index is 14.4. The molecular weight excluding hydrogens is 426 g/mol. The molecule has 0 amide bonds. The molecule has 3 aromatic rings. The van der Waals surface area contributed by atoms with Crippen LogP contribution in [0.1, 0.15) is 6.92 Å². The van der Waals surface area contributed by atoms with Crippen LogP contribution in [0.3, 0.4) is 0 Å². The Bertz CT molecular complexity index is 1230. The summed E-state index contributed by atoms with van der Waals surface area (Å²) in [5.74, 6) is -2.02. The molecular formula is C18H16F2N2O5S2. The van der Waals surface area contributed by atoms with Crippen LogP contribution in [-0.2, 0) is 26.1 Å². The SMILES string of the molecule is CCOC(=O)Cn1/c(=N/S(=O)(=O)c2ccc(OC)cc2)sc2cc(F)cc(F)c21. The lowest BCUT2D eigenvalue weighted by Gasteiger charge is -2.06. The number of benzene rings is 2. The predicted molar refractivity (Wildman–Crippen MR) is 102 cm³/mol. The van der Waals surface area contributed by atoms with Gasteiger partial charge in [-0.2, -0.15) is 8.42 Å². The Balaban J connectivity index is 2.20. The van der Waals surface area contributed by atoms with E-state index < -0.39 is 34.2 Å². The molecule has 11 heteroatoms. The zero-order valence-corrected chi connectivity index (χ0v) is 17.0. The van der Waals surface area contributed by atoms with E-state index in [9.17, 15) is 22.0 Å². The Morgan fingerprint density at radius 1 is 1.21 bits per heavy atom. The molecule has 1 aromatic heterocycles. The van der Waals surface area contributed by atoms with E-state index in [1.165, 1.54) is 31.4 Å². The van der Waals surface area contributed by atoms with Gasteiger partial charge in [0.1, 0.15) is 18.1 Å². The number of hydrogen-bond acceptors (Lipinski definition) is 6. The first-order chi connectivity index (χ1) is 13.7. The Morgan fingerprint density at radius 2 is 1.90 bits per heavy atom. The van der Waals surface area contributed by atoms with Crippen molar-refractivity contribution in [2.24, 2.45) is 4.40 Å². The lowest BCUT2D eigenvalue weighted by molar-refractivity contribution is -0.143. The monoisotopic (exact) mass is 442 g/mol. The zero-order valence-electron chi connectivity index (χ0n) is 15.4. The van der Waals surface area contributed by atoms with Gasteiger partial charge >= 0.3 is 5.97 Å². The topological polar surface area (TPSA) is 87.0 Å². The Hall–Kier alpha value is -2.79. The summed E-state index contributed by atoms with van der Waals surface area (Å²) in [4.78, 5) is 11.6. The van der Waals surface area contributed by atoms with Gasteiger partial charge in [-0.3, -0.25) is 4.79 Å². The molecule has 7 nitrogen and oxygen atoms in total. The van der Waals surface area contributed by atoms with Crippen LogP contribution in [0, 0.1) is 11.6 Å². The molecule has 0 radical (unpaired) electrons. The number of carbonyl (C=O) groups excluding carboxylic acids is 1. The van der Waals surface area contributed by atoms with Crippen molar-refractivity contribution in [1.29, 1.82) is 0 Å². The first kappa shape index (κ1) is 20.9. The number of ether oxygens (including phenoxy) is 2. The number of fused-ring (bicyclic) bond motifs is 1. The lowest BCUT2D eigenvalue weighted by Crippen LogP contribution is -2.23. The average Bonchev–Trinajstić information content (AvgIpc) is 2.98. The van der Waals surface area contributed by atoms with Gasteiger partial charge in [0.25, 0.3) is 10.0 Å². The third kappa shape index (κ3) is 4.46. The molecule has 2 aromatic carbocycles. The fourth-order valence-electron chi connectivity index (χ4n) is 2.58. The molecule has 0 unspecified atom stereocenters. The largest absolute Gasteiger partial charge is 0.497 e. The summed E-state index contributed by atoms with van der Waals surface area (Å²) in [6.07, 6.45) is 0. The van der Waals surface area contributed by atoms with Gasteiger partial charge in [-0.15, -0.1) is 4.40 Å². The molecule has 0 atom stereocenters. The molecule has 0 aliphatic heterocycles. The minimum absolute atomic E-state index is 0.0925. The average molecular weight is 442 g/mol. The summed E-state index contributed by atoms with van der Waals surface area (Å²) in [5, 5.41) is 0. The number of rotatable bonds is 6. The van der Waals surface area contributed by atoms with Gasteiger partial charge in [-0.25, -0.2) is 8.78 Å². The van der Waals surface area contributed by atoms with Gasteiger partial charge in [0.2, 0.25) is 4.80 Å². The van der Waals surface area contributed by atoms with Gasteiger partial charge in [0.05, 0.1) is 28.8 Å². The van der Waals surface area contributed by atoms with Gasteiger partial charge in [0.15, 0.2) is 5.82 Å². The van der Waals surface area contributed by atoms with Crippen LogP contribution in [0.5, 0.6) is 5.75 Å². The standard InChI is InChI=1S/C18H16F2N2O5S2/c1-3-27-16(23)10-22-17-14(20)8-11(19)9-15(17)28-18(22)21-29(24,25)13-6-4-12(26-2)5-7-13/h4-9H,3,10H2,1-2H3/b21-18-. The number of thiazole rings is 1. The van der Waals surface area contributed by atoms with Crippen LogP contribution < -0.4 is 9.54 Å². The Morgan fingerprint density at radius 3 is 2.52 bits per heavy atom. The fraction of sp³-hybridized carbons (Fsp3) is 0.222. The van der Waals surface area contributed by atoms with E-state index in [-0.39, 0.29) is 26.5 Å². The Kier molecular flexibility index (Phi) is 5.99. The molecule has 3 rings (SSSR count). The number of hydrogen-bond donors (Lipinski definition) is 0. The third-order valence-electron chi connectivity index (χ3n) is 3.84. The molecule has 0 aliphatic rings. The molecule has 1 heterocycles. The van der Waals surface area contributed by atoms with Crippen LogP contribution in [0.25, 0.3) is 10.2 Å². The fourth-order valence-corrected chi connectivity index (χ4v) is 4.86. The van der Waals surface area contributed by atoms with Gasteiger partial charge in [-0.1, -0.05) is 11.3 Å². The van der Waals surface area contributed by atoms with Crippen molar-refractivity contribution in [3.8, 4) is 5.75 Å². The normalized spacial score (nSPS) is 12.3. The van der Waals surface area contributed by atoms with Crippen molar-refractivity contribution in [3.05, 3.63) is 52.8 Å². The number of methoxy groups -OCH3 is 1. The van der Waals surface area contributed by atoms with Crippen molar-refractivity contribution in [2.45, 2.75) is 18.4 Å². The van der Waals surface area contributed by atoms with Crippen molar-refractivity contribution >= 4 is 37.5 Å². The predicted octanol–water partition coefficient (Wildman–Crippen LogP) is 2.84. The summed E-state index contributed by atoms with van der Waals surface area (Å²) in [6.45, 7) is 1.21. The molecule has 0 saturated carbocycles. The number of aromatic nitrogens is 1. The molecule has 0 spiro atoms. The van der Waals surface area contributed by atoms with Crippen LogP contribution in [0.2, 0.25) is 0 Å². The molecule has 0 bridgehead atoms. The third-order valence-corrected chi connectivity index (χ3v) is 6.27. The quantitative estimate of drug-likeness (QED) is 0.548. The highest BCUT2D eigenvalue weighted by Gasteiger charge is 2.19. The maximum atomic E-state index is 14.4. The Labute approximate surface area is 168 Å². The second kappa shape index (κ2) is 8.29. The van der Waals surface area contributed by atoms with Gasteiger partial charge in [0, 0.05) is 6.07 Å².